The van der Waals surface area contributed by atoms with Gasteiger partial charge in [0.1, 0.15) is 0 Å². The maximum atomic E-state index is 4.37. The summed E-state index contributed by atoms with van der Waals surface area (Å²) in [6, 6.07) is 0.305. The highest BCUT2D eigenvalue weighted by Gasteiger charge is 2.24. The van der Waals surface area contributed by atoms with E-state index in [0.717, 1.165) is 6.42 Å². The molecule has 2 heteroatoms. The van der Waals surface area contributed by atoms with E-state index < -0.39 is 0 Å². The van der Waals surface area contributed by atoms with Crippen molar-refractivity contribution in [1.82, 2.24) is 0 Å². The molecule has 0 aromatic carbocycles. The number of hydrogen-bond donors (Lipinski definition) is 0. The number of hydrogen-bond acceptors (Lipinski definition) is 2. The van der Waals surface area contributed by atoms with Gasteiger partial charge in [0.15, 0.2) is 0 Å². The third-order valence-corrected chi connectivity index (χ3v) is 1.52. The van der Waals surface area contributed by atoms with E-state index in [0.29, 0.717) is 11.5 Å². The molecule has 0 radical (unpaired) electrons. The molecule has 0 bridgehead atoms. The highest BCUT2D eigenvalue weighted by Crippen LogP contribution is 2.29. The summed E-state index contributed by atoms with van der Waals surface area (Å²) in [7, 11) is 0. The number of nitrogens with zero attached hydrogens (tertiary/aromatic N) is 2. The Morgan fingerprint density at radius 3 is 1.77 bits per heavy atom. The molecule has 0 unspecified atom stereocenters. The quantitative estimate of drug-likeness (QED) is 0.591. The average Bonchev–Trinajstić information content (AvgIpc) is 1.78. The third kappa shape index (κ3) is 7.94. The van der Waals surface area contributed by atoms with Crippen molar-refractivity contribution in [3.05, 3.63) is 0 Å². The lowest BCUT2D eigenvalue weighted by molar-refractivity contribution is 0.278. The maximum Gasteiger partial charge on any atom is 0.0765 e. The van der Waals surface area contributed by atoms with Gasteiger partial charge in [-0.2, -0.15) is 10.2 Å². The van der Waals surface area contributed by atoms with E-state index in [1.54, 1.807) is 0 Å². The first-order valence-corrected chi connectivity index (χ1v) is 5.04. The summed E-state index contributed by atoms with van der Waals surface area (Å²) in [5.74, 6) is 0. The summed E-state index contributed by atoms with van der Waals surface area (Å²) in [5, 5.41) is 8.57. The van der Waals surface area contributed by atoms with Gasteiger partial charge in [-0.1, -0.05) is 20.8 Å². The van der Waals surface area contributed by atoms with Gasteiger partial charge in [-0.05, 0) is 39.5 Å². The molecule has 0 aliphatic carbocycles. The predicted molar refractivity (Wildman–Crippen MR) is 58.1 cm³/mol. The monoisotopic (exact) mass is 184 g/mol. The van der Waals surface area contributed by atoms with E-state index >= 15 is 0 Å². The molecule has 0 heterocycles. The van der Waals surface area contributed by atoms with E-state index in [9.17, 15) is 0 Å². The zero-order valence-electron chi connectivity index (χ0n) is 10.2. The zero-order chi connectivity index (χ0) is 10.7. The summed E-state index contributed by atoms with van der Waals surface area (Å²) < 4.78 is 0. The van der Waals surface area contributed by atoms with Crippen molar-refractivity contribution >= 4 is 0 Å². The fourth-order valence-electron chi connectivity index (χ4n) is 1.60. The lowest BCUT2D eigenvalue weighted by Crippen LogP contribution is -2.24. The van der Waals surface area contributed by atoms with Crippen LogP contribution in [0, 0.1) is 5.41 Å². The zero-order valence-corrected chi connectivity index (χ0v) is 10.2. The van der Waals surface area contributed by atoms with Crippen molar-refractivity contribution in [2.75, 3.05) is 0 Å². The molecule has 0 saturated heterocycles. The van der Waals surface area contributed by atoms with Crippen molar-refractivity contribution in [1.29, 1.82) is 0 Å². The molecule has 0 fully saturated rings. The molecule has 0 N–H and O–H groups in total. The van der Waals surface area contributed by atoms with Crippen LogP contribution in [0.1, 0.15) is 54.9 Å². The molecule has 0 spiro atoms. The third-order valence-electron chi connectivity index (χ3n) is 1.52. The largest absolute Gasteiger partial charge is 0.191 e. The molecular weight excluding hydrogens is 160 g/mol. The standard InChI is InChI=1S/C11H24N2/c1-9(2)12-13-11(6,7)8-10(3,4)5/h9H,8H2,1-7H3. The fourth-order valence-corrected chi connectivity index (χ4v) is 1.60. The van der Waals surface area contributed by atoms with E-state index in [4.69, 9.17) is 0 Å². The van der Waals surface area contributed by atoms with Gasteiger partial charge >= 0.3 is 0 Å². The van der Waals surface area contributed by atoms with Crippen LogP contribution in [0.3, 0.4) is 0 Å². The molecule has 0 aliphatic rings. The summed E-state index contributed by atoms with van der Waals surface area (Å²) in [6.07, 6.45) is 1.07. The first-order valence-electron chi connectivity index (χ1n) is 5.04. The Morgan fingerprint density at radius 2 is 1.46 bits per heavy atom. The molecular formula is C11H24N2. The van der Waals surface area contributed by atoms with Gasteiger partial charge in [0.05, 0.1) is 11.6 Å². The Labute approximate surface area is 82.8 Å². The minimum atomic E-state index is -0.0253. The normalized spacial score (nSPS) is 14.5. The second-order valence-electron chi connectivity index (χ2n) is 5.86. The Balaban J connectivity index is 4.24. The van der Waals surface area contributed by atoms with E-state index in [-0.39, 0.29) is 5.54 Å². The molecule has 2 nitrogen and oxygen atoms in total. The summed E-state index contributed by atoms with van der Waals surface area (Å²) >= 11 is 0. The van der Waals surface area contributed by atoms with Gasteiger partial charge < -0.3 is 0 Å². The molecule has 0 rings (SSSR count). The maximum absolute atomic E-state index is 4.37. The van der Waals surface area contributed by atoms with E-state index in [1.165, 1.54) is 0 Å². The Morgan fingerprint density at radius 1 is 1.00 bits per heavy atom. The Kier molecular flexibility index (Phi) is 4.08. The second-order valence-corrected chi connectivity index (χ2v) is 5.86. The molecule has 0 aromatic rings. The first-order chi connectivity index (χ1) is 5.62. The minimum Gasteiger partial charge on any atom is -0.191 e. The van der Waals surface area contributed by atoms with Gasteiger partial charge in [-0.15, -0.1) is 0 Å². The number of azo groups is 1. The van der Waals surface area contributed by atoms with Gasteiger partial charge in [0.25, 0.3) is 0 Å². The van der Waals surface area contributed by atoms with Crippen LogP contribution in [0.5, 0.6) is 0 Å². The molecule has 0 aliphatic heterocycles. The van der Waals surface area contributed by atoms with Crippen LogP contribution in [0.15, 0.2) is 10.2 Å². The van der Waals surface area contributed by atoms with Crippen LogP contribution < -0.4 is 0 Å². The smallest absolute Gasteiger partial charge is 0.0765 e. The fraction of sp³-hybridized carbons (Fsp3) is 1.00. The molecule has 78 valence electrons. The van der Waals surface area contributed by atoms with Crippen molar-refractivity contribution in [2.45, 2.75) is 66.5 Å². The van der Waals surface area contributed by atoms with Crippen molar-refractivity contribution in [2.24, 2.45) is 15.6 Å². The highest BCUT2D eigenvalue weighted by atomic mass is 15.2. The summed E-state index contributed by atoms with van der Waals surface area (Å²) in [6.45, 7) is 15.1. The van der Waals surface area contributed by atoms with E-state index in [1.807, 2.05) is 0 Å². The van der Waals surface area contributed by atoms with Crippen molar-refractivity contribution in [3.8, 4) is 0 Å². The van der Waals surface area contributed by atoms with E-state index in [2.05, 4.69) is 58.7 Å². The number of rotatable bonds is 3. The second kappa shape index (κ2) is 4.21. The van der Waals surface area contributed by atoms with Crippen molar-refractivity contribution in [3.63, 3.8) is 0 Å². The van der Waals surface area contributed by atoms with Crippen LogP contribution >= 0.6 is 0 Å². The van der Waals surface area contributed by atoms with Crippen LogP contribution in [0.4, 0.5) is 0 Å². The highest BCUT2D eigenvalue weighted by molar-refractivity contribution is 4.82. The van der Waals surface area contributed by atoms with Gasteiger partial charge in [0.2, 0.25) is 0 Å². The molecule has 0 saturated carbocycles. The molecule has 0 amide bonds. The Hall–Kier alpha value is -0.400. The van der Waals surface area contributed by atoms with Crippen LogP contribution in [0.2, 0.25) is 0 Å². The van der Waals surface area contributed by atoms with Gasteiger partial charge in [-0.3, -0.25) is 0 Å². The van der Waals surface area contributed by atoms with Crippen LogP contribution in [0.25, 0.3) is 0 Å². The molecule has 0 atom stereocenters. The first kappa shape index (κ1) is 12.6. The topological polar surface area (TPSA) is 24.7 Å². The van der Waals surface area contributed by atoms with Crippen LogP contribution in [-0.4, -0.2) is 11.6 Å². The average molecular weight is 184 g/mol. The minimum absolute atomic E-state index is 0.0253. The van der Waals surface area contributed by atoms with Gasteiger partial charge in [-0.25, -0.2) is 0 Å². The Bertz CT molecular complexity index is 173. The summed E-state index contributed by atoms with van der Waals surface area (Å²) in [5.41, 5.74) is 0.294. The van der Waals surface area contributed by atoms with Crippen LogP contribution in [-0.2, 0) is 0 Å². The lowest BCUT2D eigenvalue weighted by atomic mass is 9.82. The molecule has 0 aromatic heterocycles. The van der Waals surface area contributed by atoms with Gasteiger partial charge in [0, 0.05) is 0 Å². The lowest BCUT2D eigenvalue weighted by Gasteiger charge is -2.28. The summed E-state index contributed by atoms with van der Waals surface area (Å²) in [4.78, 5) is 0. The predicted octanol–water partition coefficient (Wildman–Crippen LogP) is 4.06. The van der Waals surface area contributed by atoms with Crippen molar-refractivity contribution < 1.29 is 0 Å². The SMILES string of the molecule is CC(C)N=NC(C)(C)CC(C)(C)C. The molecule has 13 heavy (non-hydrogen) atoms.